The number of hydrogen-bond acceptors (Lipinski definition) is 5. The molecule has 1 aromatic heterocycles. The number of nitro benzene ring substituents is 1. The predicted molar refractivity (Wildman–Crippen MR) is 87.1 cm³/mol. The van der Waals surface area contributed by atoms with Crippen LogP contribution in [0.3, 0.4) is 0 Å². The maximum Gasteiger partial charge on any atom is 0.332 e. The molecule has 3 aromatic rings. The van der Waals surface area contributed by atoms with E-state index in [1.165, 1.54) is 36.4 Å². The number of non-ortho nitro benzene ring substituents is 1. The first kappa shape index (κ1) is 16.3. The molecule has 0 fully saturated rings. The summed E-state index contributed by atoms with van der Waals surface area (Å²) in [5.74, 6) is 0. The highest BCUT2D eigenvalue weighted by molar-refractivity contribution is 7.86. The van der Waals surface area contributed by atoms with E-state index in [0.717, 1.165) is 12.1 Å². The molecule has 122 valence electrons. The lowest BCUT2D eigenvalue weighted by atomic mass is 10.1. The average molecular weight is 367 g/mol. The van der Waals surface area contributed by atoms with Crippen LogP contribution in [0, 0.1) is 10.1 Å². The SMILES string of the molecule is O=[N+]([O-])c1ccc2nc(-c3ccc(S(=O)(=O)F)cc3)cc(Cl)c2c1. The monoisotopic (exact) mass is 366 g/mol. The number of halogens is 2. The number of fused-ring (bicyclic) bond motifs is 1. The van der Waals surface area contributed by atoms with E-state index in [4.69, 9.17) is 11.6 Å². The second-order valence-corrected chi connectivity index (χ2v) is 6.66. The van der Waals surface area contributed by atoms with Gasteiger partial charge in [0.15, 0.2) is 0 Å². The summed E-state index contributed by atoms with van der Waals surface area (Å²) in [5.41, 5.74) is 1.32. The van der Waals surface area contributed by atoms with Gasteiger partial charge in [0.25, 0.3) is 5.69 Å². The second-order valence-electron chi connectivity index (χ2n) is 4.91. The summed E-state index contributed by atoms with van der Waals surface area (Å²) in [6.45, 7) is 0. The lowest BCUT2D eigenvalue weighted by Gasteiger charge is -2.06. The van der Waals surface area contributed by atoms with E-state index in [1.807, 2.05) is 0 Å². The summed E-state index contributed by atoms with van der Waals surface area (Å²) >= 11 is 6.17. The average Bonchev–Trinajstić information content (AvgIpc) is 2.53. The smallest absolute Gasteiger partial charge is 0.258 e. The molecule has 0 saturated carbocycles. The predicted octanol–water partition coefficient (Wildman–Crippen LogP) is 4.12. The fourth-order valence-corrected chi connectivity index (χ4v) is 2.94. The number of hydrogen-bond donors (Lipinski definition) is 0. The van der Waals surface area contributed by atoms with Gasteiger partial charge >= 0.3 is 10.2 Å². The first-order chi connectivity index (χ1) is 11.3. The minimum Gasteiger partial charge on any atom is -0.258 e. The number of nitrogens with zero attached hydrogens (tertiary/aromatic N) is 2. The van der Waals surface area contributed by atoms with Gasteiger partial charge in [-0.2, -0.15) is 8.42 Å². The Morgan fingerprint density at radius 1 is 1.08 bits per heavy atom. The van der Waals surface area contributed by atoms with Crippen molar-refractivity contribution in [3.05, 3.63) is 63.7 Å². The van der Waals surface area contributed by atoms with E-state index in [1.54, 1.807) is 0 Å². The first-order valence-corrected chi connectivity index (χ1v) is 8.31. The van der Waals surface area contributed by atoms with Gasteiger partial charge in [-0.1, -0.05) is 23.7 Å². The molecule has 0 spiro atoms. The number of benzene rings is 2. The Kier molecular flexibility index (Phi) is 3.94. The van der Waals surface area contributed by atoms with E-state index in [-0.39, 0.29) is 10.7 Å². The number of rotatable bonds is 3. The zero-order valence-corrected chi connectivity index (χ0v) is 13.4. The first-order valence-electron chi connectivity index (χ1n) is 6.55. The molecule has 1 heterocycles. The highest BCUT2D eigenvalue weighted by atomic mass is 35.5. The van der Waals surface area contributed by atoms with Gasteiger partial charge in [-0.05, 0) is 24.3 Å². The molecule has 0 saturated heterocycles. The quantitative estimate of drug-likeness (QED) is 0.395. The van der Waals surface area contributed by atoms with Gasteiger partial charge in [0.2, 0.25) is 0 Å². The van der Waals surface area contributed by atoms with Crippen molar-refractivity contribution >= 4 is 38.4 Å². The number of pyridine rings is 1. The Balaban J connectivity index is 2.11. The van der Waals surface area contributed by atoms with Crippen molar-refractivity contribution in [3.63, 3.8) is 0 Å². The molecule has 24 heavy (non-hydrogen) atoms. The van der Waals surface area contributed by atoms with Crippen molar-refractivity contribution in [3.8, 4) is 11.3 Å². The lowest BCUT2D eigenvalue weighted by Crippen LogP contribution is -1.93. The largest absolute Gasteiger partial charge is 0.332 e. The standard InChI is InChI=1S/C15H8ClFN2O4S/c16-13-8-15(9-1-4-11(5-2-9)24(17,22)23)18-14-6-3-10(19(20)21)7-12(13)14/h1-8H. The van der Waals surface area contributed by atoms with Crippen LogP contribution in [0.4, 0.5) is 9.57 Å². The third-order valence-electron chi connectivity index (χ3n) is 3.38. The van der Waals surface area contributed by atoms with E-state index in [9.17, 15) is 22.4 Å². The summed E-state index contributed by atoms with van der Waals surface area (Å²) in [7, 11) is -4.77. The maximum atomic E-state index is 12.9. The van der Waals surface area contributed by atoms with Crippen molar-refractivity contribution in [2.75, 3.05) is 0 Å². The van der Waals surface area contributed by atoms with Gasteiger partial charge in [-0.3, -0.25) is 10.1 Å². The third-order valence-corrected chi connectivity index (χ3v) is 4.53. The molecule has 9 heteroatoms. The Labute approximate surface area is 140 Å². The van der Waals surface area contributed by atoms with E-state index in [0.29, 0.717) is 22.2 Å². The number of nitro groups is 1. The van der Waals surface area contributed by atoms with E-state index < -0.39 is 20.0 Å². The highest BCUT2D eigenvalue weighted by Gasteiger charge is 2.14. The van der Waals surface area contributed by atoms with Crippen LogP contribution >= 0.6 is 11.6 Å². The minimum atomic E-state index is -4.77. The minimum absolute atomic E-state index is 0.101. The molecule has 0 N–H and O–H groups in total. The van der Waals surface area contributed by atoms with Gasteiger partial charge < -0.3 is 0 Å². The zero-order chi connectivity index (χ0) is 17.5. The van der Waals surface area contributed by atoms with E-state index >= 15 is 0 Å². The molecule has 0 aliphatic heterocycles. The van der Waals surface area contributed by atoms with Crippen molar-refractivity contribution in [2.24, 2.45) is 0 Å². The molecular formula is C15H8ClFN2O4S. The fourth-order valence-electron chi connectivity index (χ4n) is 2.22. The summed E-state index contributed by atoms with van der Waals surface area (Å²) in [4.78, 5) is 14.2. The van der Waals surface area contributed by atoms with Gasteiger partial charge in [-0.25, -0.2) is 4.98 Å². The second kappa shape index (κ2) is 5.81. The Bertz CT molecular complexity index is 1070. The van der Waals surface area contributed by atoms with Crippen molar-refractivity contribution in [2.45, 2.75) is 4.90 Å². The van der Waals surface area contributed by atoms with E-state index in [2.05, 4.69) is 4.98 Å². The maximum absolute atomic E-state index is 12.9. The molecule has 0 amide bonds. The van der Waals surface area contributed by atoms with Crippen LogP contribution in [0.25, 0.3) is 22.2 Å². The lowest BCUT2D eigenvalue weighted by molar-refractivity contribution is -0.384. The summed E-state index contributed by atoms with van der Waals surface area (Å²) in [6.07, 6.45) is 0. The zero-order valence-electron chi connectivity index (χ0n) is 11.8. The van der Waals surface area contributed by atoms with Crippen LogP contribution in [0.2, 0.25) is 5.02 Å². The topological polar surface area (TPSA) is 90.2 Å². The molecule has 0 bridgehead atoms. The van der Waals surface area contributed by atoms with Crippen LogP contribution in [-0.2, 0) is 10.2 Å². The molecule has 3 rings (SSSR count). The summed E-state index contributed by atoms with van der Waals surface area (Å²) in [5, 5.41) is 11.5. The van der Waals surface area contributed by atoms with Crippen LogP contribution in [0.15, 0.2) is 53.4 Å². The van der Waals surface area contributed by atoms with Gasteiger partial charge in [0.05, 0.1) is 26.1 Å². The van der Waals surface area contributed by atoms with Crippen molar-refractivity contribution < 1.29 is 17.2 Å². The Morgan fingerprint density at radius 3 is 2.33 bits per heavy atom. The van der Waals surface area contributed by atoms with Crippen LogP contribution in [0.5, 0.6) is 0 Å². The van der Waals surface area contributed by atoms with Crippen LogP contribution in [0.1, 0.15) is 0 Å². The van der Waals surface area contributed by atoms with Gasteiger partial charge in [0, 0.05) is 23.1 Å². The number of aromatic nitrogens is 1. The highest BCUT2D eigenvalue weighted by Crippen LogP contribution is 2.31. The van der Waals surface area contributed by atoms with Gasteiger partial charge in [-0.15, -0.1) is 3.89 Å². The molecule has 0 radical (unpaired) electrons. The summed E-state index contributed by atoms with van der Waals surface area (Å²) in [6, 6.07) is 10.7. The van der Waals surface area contributed by atoms with Crippen molar-refractivity contribution in [1.82, 2.24) is 4.98 Å². The third kappa shape index (κ3) is 3.06. The van der Waals surface area contributed by atoms with Crippen LogP contribution < -0.4 is 0 Å². The molecule has 2 aromatic carbocycles. The summed E-state index contributed by atoms with van der Waals surface area (Å²) < 4.78 is 34.6. The van der Waals surface area contributed by atoms with Gasteiger partial charge in [0.1, 0.15) is 0 Å². The molecule has 0 atom stereocenters. The fraction of sp³-hybridized carbons (Fsp3) is 0. The molecule has 0 aliphatic rings. The molecule has 0 aliphatic carbocycles. The Morgan fingerprint density at radius 2 is 1.75 bits per heavy atom. The molecule has 6 nitrogen and oxygen atoms in total. The normalized spacial score (nSPS) is 11.6. The Hall–Kier alpha value is -2.58. The molecule has 0 unspecified atom stereocenters. The van der Waals surface area contributed by atoms with Crippen molar-refractivity contribution in [1.29, 1.82) is 0 Å². The van der Waals surface area contributed by atoms with Crippen LogP contribution in [-0.4, -0.2) is 18.3 Å². The molecular weight excluding hydrogens is 359 g/mol.